The minimum atomic E-state index is 0.0847. The van der Waals surface area contributed by atoms with Gasteiger partial charge in [-0.15, -0.1) is 0 Å². The van der Waals surface area contributed by atoms with Crippen molar-refractivity contribution in [1.82, 2.24) is 9.80 Å². The zero-order valence-electron chi connectivity index (χ0n) is 13.5. The molecular formula is C18H21BrN2O2. The molecule has 4 nitrogen and oxygen atoms in total. The molecular weight excluding hydrogens is 356 g/mol. The Morgan fingerprint density at radius 2 is 1.91 bits per heavy atom. The van der Waals surface area contributed by atoms with Crippen molar-refractivity contribution in [2.24, 2.45) is 0 Å². The number of carbonyl (C=O) groups excluding carboxylic acids is 1. The summed E-state index contributed by atoms with van der Waals surface area (Å²) in [5.74, 6) is 1.59. The van der Waals surface area contributed by atoms with Crippen LogP contribution in [-0.2, 0) is 6.54 Å². The van der Waals surface area contributed by atoms with Gasteiger partial charge in [0, 0.05) is 37.2 Å². The van der Waals surface area contributed by atoms with Crippen molar-refractivity contribution in [3.63, 3.8) is 0 Å². The van der Waals surface area contributed by atoms with Gasteiger partial charge in [0.1, 0.15) is 11.5 Å². The zero-order valence-corrected chi connectivity index (χ0v) is 15.1. The summed E-state index contributed by atoms with van der Waals surface area (Å²) in [5, 5.41) is 0. The van der Waals surface area contributed by atoms with E-state index >= 15 is 0 Å². The van der Waals surface area contributed by atoms with E-state index in [9.17, 15) is 4.79 Å². The van der Waals surface area contributed by atoms with E-state index in [2.05, 4.69) is 39.0 Å². The molecule has 1 aliphatic heterocycles. The molecule has 0 radical (unpaired) electrons. The molecule has 0 saturated carbocycles. The van der Waals surface area contributed by atoms with Crippen molar-refractivity contribution in [3.8, 4) is 0 Å². The van der Waals surface area contributed by atoms with Gasteiger partial charge in [0.2, 0.25) is 0 Å². The summed E-state index contributed by atoms with van der Waals surface area (Å²) in [6.45, 7) is 7.96. The summed E-state index contributed by atoms with van der Waals surface area (Å²) in [7, 11) is 0. The van der Waals surface area contributed by atoms with Gasteiger partial charge in [0.05, 0.1) is 5.56 Å². The summed E-state index contributed by atoms with van der Waals surface area (Å²) < 4.78 is 6.58. The number of hydrogen-bond acceptors (Lipinski definition) is 3. The van der Waals surface area contributed by atoms with Crippen LogP contribution in [0.5, 0.6) is 0 Å². The second-order valence-electron chi connectivity index (χ2n) is 6.03. The number of nitrogens with zero attached hydrogens (tertiary/aromatic N) is 2. The quantitative estimate of drug-likeness (QED) is 0.820. The Morgan fingerprint density at radius 3 is 2.52 bits per heavy atom. The van der Waals surface area contributed by atoms with Gasteiger partial charge in [0.15, 0.2) is 0 Å². The number of hydrogen-bond donors (Lipinski definition) is 0. The van der Waals surface area contributed by atoms with Crippen LogP contribution < -0.4 is 0 Å². The molecule has 2 heterocycles. The molecule has 3 rings (SSSR count). The van der Waals surface area contributed by atoms with Gasteiger partial charge in [0.25, 0.3) is 5.91 Å². The molecule has 122 valence electrons. The van der Waals surface area contributed by atoms with Gasteiger partial charge in [-0.2, -0.15) is 0 Å². The van der Waals surface area contributed by atoms with Crippen molar-refractivity contribution in [2.45, 2.75) is 20.4 Å². The molecule has 0 aliphatic carbocycles. The number of piperazine rings is 1. The molecule has 0 N–H and O–H groups in total. The molecule has 1 saturated heterocycles. The van der Waals surface area contributed by atoms with E-state index in [4.69, 9.17) is 4.42 Å². The average molecular weight is 377 g/mol. The summed E-state index contributed by atoms with van der Waals surface area (Å²) in [6, 6.07) is 10.2. The van der Waals surface area contributed by atoms with Gasteiger partial charge in [-0.25, -0.2) is 0 Å². The number of amides is 1. The van der Waals surface area contributed by atoms with Crippen LogP contribution >= 0.6 is 15.9 Å². The first-order valence-corrected chi connectivity index (χ1v) is 8.65. The smallest absolute Gasteiger partial charge is 0.257 e. The number of benzene rings is 1. The Bertz CT molecular complexity index is 703. The first-order chi connectivity index (χ1) is 11.0. The fourth-order valence-electron chi connectivity index (χ4n) is 3.02. The highest BCUT2D eigenvalue weighted by atomic mass is 79.9. The van der Waals surface area contributed by atoms with Crippen LogP contribution in [0.2, 0.25) is 0 Å². The molecule has 1 aromatic heterocycles. The standard InChI is InChI=1S/C18H21BrN2O2/c1-13-10-17(14(2)23-13)18(22)21-8-6-20(7-9-21)12-15-4-3-5-16(19)11-15/h3-5,10-11H,6-9,12H2,1-2H3. The maximum atomic E-state index is 12.6. The van der Waals surface area contributed by atoms with Gasteiger partial charge < -0.3 is 9.32 Å². The third-order valence-corrected chi connectivity index (χ3v) is 4.72. The van der Waals surface area contributed by atoms with Crippen molar-refractivity contribution in [3.05, 3.63) is 57.5 Å². The van der Waals surface area contributed by atoms with E-state index < -0.39 is 0 Å². The monoisotopic (exact) mass is 376 g/mol. The van der Waals surface area contributed by atoms with Crippen molar-refractivity contribution in [1.29, 1.82) is 0 Å². The van der Waals surface area contributed by atoms with Gasteiger partial charge >= 0.3 is 0 Å². The fraction of sp³-hybridized carbons (Fsp3) is 0.389. The Labute approximate surface area is 145 Å². The number of carbonyl (C=O) groups is 1. The zero-order chi connectivity index (χ0) is 16.4. The lowest BCUT2D eigenvalue weighted by molar-refractivity contribution is 0.0627. The van der Waals surface area contributed by atoms with Crippen LogP contribution in [0.3, 0.4) is 0 Å². The maximum Gasteiger partial charge on any atom is 0.257 e. The third-order valence-electron chi connectivity index (χ3n) is 4.23. The second kappa shape index (κ2) is 6.89. The molecule has 1 aliphatic rings. The van der Waals surface area contributed by atoms with E-state index in [0.29, 0.717) is 11.3 Å². The topological polar surface area (TPSA) is 36.7 Å². The minimum Gasteiger partial charge on any atom is -0.466 e. The van der Waals surface area contributed by atoms with Crippen LogP contribution in [0.1, 0.15) is 27.4 Å². The van der Waals surface area contributed by atoms with Gasteiger partial charge in [-0.05, 0) is 37.6 Å². The first kappa shape index (κ1) is 16.3. The highest BCUT2D eigenvalue weighted by molar-refractivity contribution is 9.10. The van der Waals surface area contributed by atoms with Crippen LogP contribution in [0.25, 0.3) is 0 Å². The average Bonchev–Trinajstić information content (AvgIpc) is 2.86. The maximum absolute atomic E-state index is 12.6. The molecule has 1 fully saturated rings. The van der Waals surface area contributed by atoms with E-state index in [-0.39, 0.29) is 5.91 Å². The molecule has 0 unspecified atom stereocenters. The fourth-order valence-corrected chi connectivity index (χ4v) is 3.46. The van der Waals surface area contributed by atoms with Crippen LogP contribution in [0.15, 0.2) is 39.2 Å². The molecule has 0 atom stereocenters. The molecule has 5 heteroatoms. The predicted octanol–water partition coefficient (Wildman–Crippen LogP) is 3.62. The minimum absolute atomic E-state index is 0.0847. The highest BCUT2D eigenvalue weighted by Crippen LogP contribution is 2.18. The molecule has 0 spiro atoms. The summed E-state index contributed by atoms with van der Waals surface area (Å²) in [6.07, 6.45) is 0. The normalized spacial score (nSPS) is 15.9. The van der Waals surface area contributed by atoms with E-state index in [1.54, 1.807) is 0 Å². The SMILES string of the molecule is Cc1cc(C(=O)N2CCN(Cc3cccc(Br)c3)CC2)c(C)o1. The highest BCUT2D eigenvalue weighted by Gasteiger charge is 2.24. The van der Waals surface area contributed by atoms with E-state index in [0.717, 1.165) is 43.0 Å². The first-order valence-electron chi connectivity index (χ1n) is 7.86. The predicted molar refractivity (Wildman–Crippen MR) is 93.5 cm³/mol. The van der Waals surface area contributed by atoms with Crippen molar-refractivity contribution >= 4 is 21.8 Å². The number of aryl methyl sites for hydroxylation is 2. The van der Waals surface area contributed by atoms with Crippen LogP contribution in [0.4, 0.5) is 0 Å². The lowest BCUT2D eigenvalue weighted by Crippen LogP contribution is -2.48. The Hall–Kier alpha value is -1.59. The van der Waals surface area contributed by atoms with Crippen molar-refractivity contribution in [2.75, 3.05) is 26.2 Å². The molecule has 1 amide bonds. The summed E-state index contributed by atoms with van der Waals surface area (Å²) >= 11 is 3.51. The molecule has 0 bridgehead atoms. The van der Waals surface area contributed by atoms with E-state index in [1.165, 1.54) is 5.56 Å². The second-order valence-corrected chi connectivity index (χ2v) is 6.94. The lowest BCUT2D eigenvalue weighted by Gasteiger charge is -2.34. The van der Waals surface area contributed by atoms with Gasteiger partial charge in [-0.1, -0.05) is 28.1 Å². The Morgan fingerprint density at radius 1 is 1.17 bits per heavy atom. The summed E-state index contributed by atoms with van der Waals surface area (Å²) in [5.41, 5.74) is 1.99. The third kappa shape index (κ3) is 3.85. The van der Waals surface area contributed by atoms with Gasteiger partial charge in [-0.3, -0.25) is 9.69 Å². The Balaban J connectivity index is 1.58. The van der Waals surface area contributed by atoms with Crippen LogP contribution in [0, 0.1) is 13.8 Å². The largest absolute Gasteiger partial charge is 0.466 e. The lowest BCUT2D eigenvalue weighted by atomic mass is 10.1. The van der Waals surface area contributed by atoms with Crippen molar-refractivity contribution < 1.29 is 9.21 Å². The number of rotatable bonds is 3. The molecule has 23 heavy (non-hydrogen) atoms. The van der Waals surface area contributed by atoms with Crippen LogP contribution in [-0.4, -0.2) is 41.9 Å². The number of halogens is 1. The summed E-state index contributed by atoms with van der Waals surface area (Å²) in [4.78, 5) is 16.9. The Kier molecular flexibility index (Phi) is 4.87. The number of furan rings is 1. The molecule has 2 aromatic rings. The molecule has 1 aromatic carbocycles. The van der Waals surface area contributed by atoms with E-state index in [1.807, 2.05) is 30.9 Å².